The van der Waals surface area contributed by atoms with Crippen LogP contribution in [0, 0.1) is 5.82 Å². The van der Waals surface area contributed by atoms with Gasteiger partial charge in [0.15, 0.2) is 0 Å². The summed E-state index contributed by atoms with van der Waals surface area (Å²) in [6.45, 7) is 2.54. The van der Waals surface area contributed by atoms with Gasteiger partial charge in [0.25, 0.3) is 0 Å². The molecule has 0 spiro atoms. The van der Waals surface area contributed by atoms with Crippen LogP contribution in [0.5, 0.6) is 0 Å². The zero-order chi connectivity index (χ0) is 14.3. The van der Waals surface area contributed by atoms with Crippen molar-refractivity contribution in [3.8, 4) is 0 Å². The first-order valence-corrected chi connectivity index (χ1v) is 7.66. The Morgan fingerprint density at radius 1 is 1.45 bits per heavy atom. The van der Waals surface area contributed by atoms with Crippen LogP contribution in [0.15, 0.2) is 34.9 Å². The summed E-state index contributed by atoms with van der Waals surface area (Å²) in [4.78, 5) is 13.2. The molecule has 0 amide bonds. The van der Waals surface area contributed by atoms with Gasteiger partial charge in [-0.2, -0.15) is 5.10 Å². The minimum atomic E-state index is -0.297. The summed E-state index contributed by atoms with van der Waals surface area (Å²) in [6.07, 6.45) is 1.61. The van der Waals surface area contributed by atoms with Crippen LogP contribution in [0.3, 0.4) is 0 Å². The Bertz CT molecular complexity index is 809. The second-order valence-corrected chi connectivity index (χ2v) is 6.22. The third-order valence-electron chi connectivity index (χ3n) is 3.01. The van der Waals surface area contributed by atoms with E-state index < -0.39 is 0 Å². The monoisotopic (exact) mass is 352 g/mol. The number of benzene rings is 1. The molecule has 1 aromatic carbocycles. The van der Waals surface area contributed by atoms with E-state index in [9.17, 15) is 9.18 Å². The van der Waals surface area contributed by atoms with Crippen molar-refractivity contribution >= 4 is 43.1 Å². The molecule has 0 N–H and O–H groups in total. The summed E-state index contributed by atoms with van der Waals surface area (Å²) in [5, 5.41) is 4.89. The number of fused-ring (bicyclic) bond motifs is 1. The maximum atomic E-state index is 13.2. The molecular formula is C14H10BrFN2OS. The van der Waals surface area contributed by atoms with Crippen LogP contribution in [-0.2, 0) is 6.54 Å². The zero-order valence-corrected chi connectivity index (χ0v) is 13.0. The van der Waals surface area contributed by atoms with E-state index in [4.69, 9.17) is 0 Å². The van der Waals surface area contributed by atoms with Gasteiger partial charge in [-0.3, -0.25) is 9.48 Å². The Morgan fingerprint density at radius 3 is 3.00 bits per heavy atom. The van der Waals surface area contributed by atoms with Gasteiger partial charge < -0.3 is 0 Å². The van der Waals surface area contributed by atoms with Crippen molar-refractivity contribution in [1.82, 2.24) is 9.78 Å². The molecule has 6 heteroatoms. The minimum Gasteiger partial charge on any atom is -0.286 e. The fourth-order valence-corrected chi connectivity index (χ4v) is 3.53. The van der Waals surface area contributed by atoms with Gasteiger partial charge in [-0.05, 0) is 52.5 Å². The molecule has 0 saturated carbocycles. The van der Waals surface area contributed by atoms with Crippen LogP contribution in [-0.4, -0.2) is 15.6 Å². The van der Waals surface area contributed by atoms with Gasteiger partial charge in [0.2, 0.25) is 5.78 Å². The second kappa shape index (κ2) is 5.10. The smallest absolute Gasteiger partial charge is 0.222 e. The van der Waals surface area contributed by atoms with E-state index in [2.05, 4.69) is 21.0 Å². The average molecular weight is 353 g/mol. The number of halogens is 2. The molecule has 20 heavy (non-hydrogen) atoms. The number of ketones is 1. The minimum absolute atomic E-state index is 0.0992. The molecule has 3 rings (SSSR count). The van der Waals surface area contributed by atoms with E-state index >= 15 is 0 Å². The highest BCUT2D eigenvalue weighted by Gasteiger charge is 2.20. The highest BCUT2D eigenvalue weighted by Crippen LogP contribution is 2.29. The van der Waals surface area contributed by atoms with E-state index in [-0.39, 0.29) is 11.6 Å². The van der Waals surface area contributed by atoms with Crippen LogP contribution < -0.4 is 0 Å². The number of hydrogen-bond acceptors (Lipinski definition) is 3. The van der Waals surface area contributed by atoms with Crippen molar-refractivity contribution in [1.29, 1.82) is 0 Å². The number of carbonyl (C=O) groups is 1. The van der Waals surface area contributed by atoms with Gasteiger partial charge in [-0.1, -0.05) is 0 Å². The number of aromatic nitrogens is 2. The van der Waals surface area contributed by atoms with Crippen LogP contribution in [0.1, 0.15) is 22.3 Å². The summed E-state index contributed by atoms with van der Waals surface area (Å²) in [7, 11) is 0. The molecule has 102 valence electrons. The van der Waals surface area contributed by atoms with Gasteiger partial charge in [0, 0.05) is 11.2 Å². The number of rotatable bonds is 3. The van der Waals surface area contributed by atoms with E-state index in [0.717, 1.165) is 10.1 Å². The molecule has 3 aromatic rings. The van der Waals surface area contributed by atoms with Crippen molar-refractivity contribution in [3.63, 3.8) is 0 Å². The van der Waals surface area contributed by atoms with Crippen LogP contribution in [0.2, 0.25) is 0 Å². The maximum absolute atomic E-state index is 13.2. The molecule has 0 atom stereocenters. The predicted molar refractivity (Wildman–Crippen MR) is 80.8 cm³/mol. The molecule has 2 aromatic heterocycles. The summed E-state index contributed by atoms with van der Waals surface area (Å²) in [5.41, 5.74) is 0.527. The van der Waals surface area contributed by atoms with Gasteiger partial charge >= 0.3 is 0 Å². The summed E-state index contributed by atoms with van der Waals surface area (Å²) in [6, 6.07) is 6.26. The molecule has 0 bridgehead atoms. The summed E-state index contributed by atoms with van der Waals surface area (Å²) in [5.74, 6) is -0.396. The molecule has 3 nitrogen and oxygen atoms in total. The van der Waals surface area contributed by atoms with Gasteiger partial charge in [-0.15, -0.1) is 11.3 Å². The van der Waals surface area contributed by atoms with Crippen molar-refractivity contribution in [2.45, 2.75) is 13.5 Å². The third kappa shape index (κ3) is 2.19. The van der Waals surface area contributed by atoms with Gasteiger partial charge in [0.05, 0.1) is 15.5 Å². The summed E-state index contributed by atoms with van der Waals surface area (Å²) >= 11 is 4.71. The molecule has 0 aliphatic carbocycles. The Morgan fingerprint density at radius 2 is 2.25 bits per heavy atom. The normalized spacial score (nSPS) is 11.2. The van der Waals surface area contributed by atoms with Crippen molar-refractivity contribution in [2.24, 2.45) is 0 Å². The number of hydrogen-bond donors (Lipinski definition) is 0. The number of nitrogens with zero attached hydrogens (tertiary/aromatic N) is 2. The topological polar surface area (TPSA) is 34.9 Å². The second-order valence-electron chi connectivity index (χ2n) is 4.28. The molecule has 0 saturated heterocycles. The Kier molecular flexibility index (Phi) is 3.43. The highest BCUT2D eigenvalue weighted by atomic mass is 79.9. The van der Waals surface area contributed by atoms with Crippen molar-refractivity contribution in [2.75, 3.05) is 0 Å². The fourth-order valence-electron chi connectivity index (χ4n) is 2.07. The lowest BCUT2D eigenvalue weighted by Crippen LogP contribution is -2.09. The van der Waals surface area contributed by atoms with Gasteiger partial charge in [-0.25, -0.2) is 4.39 Å². The van der Waals surface area contributed by atoms with E-state index in [0.29, 0.717) is 21.6 Å². The molecule has 0 radical (unpaired) electrons. The highest BCUT2D eigenvalue weighted by molar-refractivity contribution is 9.10. The molecule has 0 unspecified atom stereocenters. The molecule has 0 aliphatic heterocycles. The Balaban J connectivity index is 2.10. The van der Waals surface area contributed by atoms with Crippen LogP contribution in [0.4, 0.5) is 4.39 Å². The van der Waals surface area contributed by atoms with Crippen LogP contribution in [0.25, 0.3) is 10.1 Å². The fraction of sp³-hybridized carbons (Fsp3) is 0.143. The maximum Gasteiger partial charge on any atom is 0.222 e. The first-order valence-electron chi connectivity index (χ1n) is 6.05. The quantitative estimate of drug-likeness (QED) is 0.660. The van der Waals surface area contributed by atoms with Crippen molar-refractivity contribution in [3.05, 3.63) is 51.3 Å². The number of thiophene rings is 1. The molecule has 0 aliphatic rings. The Labute approximate surface area is 127 Å². The summed E-state index contributed by atoms with van der Waals surface area (Å²) < 4.78 is 16.4. The van der Waals surface area contributed by atoms with E-state index in [1.165, 1.54) is 23.5 Å². The first kappa shape index (κ1) is 13.5. The van der Waals surface area contributed by atoms with Crippen molar-refractivity contribution < 1.29 is 9.18 Å². The standard InChI is InChI=1S/C14H10BrFN2OS/c1-2-18-13(10(15)7-17-18)14(19)12-6-8-5-9(16)3-4-11(8)20-12/h3-7H,2H2,1H3. The zero-order valence-electron chi connectivity index (χ0n) is 10.6. The molecule has 2 heterocycles. The lowest BCUT2D eigenvalue weighted by atomic mass is 10.2. The number of aryl methyl sites for hydroxylation is 1. The molecular weight excluding hydrogens is 343 g/mol. The number of carbonyl (C=O) groups excluding carboxylic acids is 1. The lowest BCUT2D eigenvalue weighted by molar-refractivity contribution is 0.103. The predicted octanol–water partition coefficient (Wildman–Crippen LogP) is 4.25. The third-order valence-corrected chi connectivity index (χ3v) is 4.71. The lowest BCUT2D eigenvalue weighted by Gasteiger charge is -2.02. The Hall–Kier alpha value is -1.53. The van der Waals surface area contributed by atoms with Crippen LogP contribution >= 0.6 is 27.3 Å². The largest absolute Gasteiger partial charge is 0.286 e. The molecule has 0 fully saturated rings. The average Bonchev–Trinajstić information content (AvgIpc) is 3.00. The SMILES string of the molecule is CCn1ncc(Br)c1C(=O)c1cc2cc(F)ccc2s1. The van der Waals surface area contributed by atoms with E-state index in [1.54, 1.807) is 23.0 Å². The van der Waals surface area contributed by atoms with E-state index in [1.807, 2.05) is 6.92 Å². The first-order chi connectivity index (χ1) is 9.60. The van der Waals surface area contributed by atoms with Gasteiger partial charge in [0.1, 0.15) is 11.5 Å².